The number of amides is 2. The molecule has 1 saturated heterocycles. The Morgan fingerprint density at radius 2 is 2.35 bits per heavy atom. The molecule has 2 amide bonds. The summed E-state index contributed by atoms with van der Waals surface area (Å²) in [5.41, 5.74) is 0.727. The second kappa shape index (κ2) is 7.00. The van der Waals surface area contributed by atoms with Crippen LogP contribution in [0.3, 0.4) is 0 Å². The van der Waals surface area contributed by atoms with Crippen molar-refractivity contribution in [2.24, 2.45) is 0 Å². The van der Waals surface area contributed by atoms with Crippen molar-refractivity contribution in [2.75, 3.05) is 26.2 Å². The van der Waals surface area contributed by atoms with Crippen LogP contribution in [-0.4, -0.2) is 53.9 Å². The molecule has 1 unspecified atom stereocenters. The fraction of sp³-hybridized carbons (Fsp3) is 0.500. The first-order valence-electron chi connectivity index (χ1n) is 6.90. The quantitative estimate of drug-likeness (QED) is 0.782. The van der Waals surface area contributed by atoms with E-state index in [1.807, 2.05) is 25.1 Å². The Labute approximate surface area is 118 Å². The van der Waals surface area contributed by atoms with E-state index in [-0.39, 0.29) is 18.2 Å². The lowest BCUT2D eigenvalue weighted by Crippen LogP contribution is -2.59. The molecule has 0 bridgehead atoms. The predicted molar refractivity (Wildman–Crippen MR) is 75.0 cm³/mol. The van der Waals surface area contributed by atoms with Crippen molar-refractivity contribution in [1.82, 2.24) is 20.5 Å². The maximum absolute atomic E-state index is 12.4. The third kappa shape index (κ3) is 3.54. The van der Waals surface area contributed by atoms with Crippen LogP contribution < -0.4 is 10.6 Å². The second-order valence-corrected chi connectivity index (χ2v) is 4.70. The summed E-state index contributed by atoms with van der Waals surface area (Å²) in [6.07, 6.45) is 1.90. The molecule has 2 heterocycles. The van der Waals surface area contributed by atoms with Crippen LogP contribution in [0.15, 0.2) is 24.4 Å². The summed E-state index contributed by atoms with van der Waals surface area (Å²) in [6, 6.07) is 5.06. The first-order chi connectivity index (χ1) is 9.72. The minimum absolute atomic E-state index is 0.0542. The second-order valence-electron chi connectivity index (χ2n) is 4.70. The normalized spacial score (nSPS) is 18.6. The van der Waals surface area contributed by atoms with Crippen LogP contribution in [0.25, 0.3) is 0 Å². The van der Waals surface area contributed by atoms with Gasteiger partial charge in [-0.25, -0.2) is 0 Å². The van der Waals surface area contributed by atoms with E-state index >= 15 is 0 Å². The zero-order valence-electron chi connectivity index (χ0n) is 11.6. The number of likely N-dealkylation sites (N-methyl/N-ethyl adjacent to an activating group) is 1. The van der Waals surface area contributed by atoms with Gasteiger partial charge in [0, 0.05) is 38.1 Å². The first-order valence-corrected chi connectivity index (χ1v) is 6.90. The maximum Gasteiger partial charge on any atom is 0.244 e. The summed E-state index contributed by atoms with van der Waals surface area (Å²) < 4.78 is 0. The van der Waals surface area contributed by atoms with Gasteiger partial charge in [-0.2, -0.15) is 0 Å². The number of aromatic nitrogens is 1. The Hall–Kier alpha value is -1.95. The Kier molecular flexibility index (Phi) is 5.06. The van der Waals surface area contributed by atoms with E-state index in [1.165, 1.54) is 0 Å². The van der Waals surface area contributed by atoms with Crippen LogP contribution >= 0.6 is 0 Å². The predicted octanol–water partition coefficient (Wildman–Crippen LogP) is -0.439. The summed E-state index contributed by atoms with van der Waals surface area (Å²) in [5, 5.41) is 5.93. The highest BCUT2D eigenvalue weighted by Gasteiger charge is 2.31. The fourth-order valence-electron chi connectivity index (χ4n) is 2.29. The molecule has 6 nitrogen and oxygen atoms in total. The van der Waals surface area contributed by atoms with Gasteiger partial charge < -0.3 is 15.5 Å². The summed E-state index contributed by atoms with van der Waals surface area (Å²) in [4.78, 5) is 30.2. The van der Waals surface area contributed by atoms with Crippen molar-refractivity contribution in [3.05, 3.63) is 30.1 Å². The van der Waals surface area contributed by atoms with Crippen molar-refractivity contribution >= 4 is 11.8 Å². The van der Waals surface area contributed by atoms with Crippen molar-refractivity contribution in [2.45, 2.75) is 19.4 Å². The van der Waals surface area contributed by atoms with E-state index < -0.39 is 6.04 Å². The van der Waals surface area contributed by atoms with Crippen molar-refractivity contribution < 1.29 is 9.59 Å². The molecular formula is C14H20N4O2. The summed E-state index contributed by atoms with van der Waals surface area (Å²) in [5.74, 6) is -0.157. The van der Waals surface area contributed by atoms with Crippen molar-refractivity contribution in [3.8, 4) is 0 Å². The third-order valence-electron chi connectivity index (χ3n) is 3.28. The third-order valence-corrected chi connectivity index (χ3v) is 3.28. The van der Waals surface area contributed by atoms with Crippen LogP contribution in [0.5, 0.6) is 0 Å². The Morgan fingerprint density at radius 1 is 1.50 bits per heavy atom. The minimum atomic E-state index is -0.431. The monoisotopic (exact) mass is 276 g/mol. The molecule has 20 heavy (non-hydrogen) atoms. The zero-order valence-corrected chi connectivity index (χ0v) is 11.6. The van der Waals surface area contributed by atoms with Crippen LogP contribution in [0, 0.1) is 0 Å². The number of hydrogen-bond donors (Lipinski definition) is 2. The smallest absolute Gasteiger partial charge is 0.244 e. The Balaban J connectivity index is 2.03. The van der Waals surface area contributed by atoms with Gasteiger partial charge in [-0.3, -0.25) is 14.6 Å². The van der Waals surface area contributed by atoms with Crippen LogP contribution in [0.2, 0.25) is 0 Å². The number of piperazine rings is 1. The molecule has 0 radical (unpaired) electrons. The van der Waals surface area contributed by atoms with Gasteiger partial charge in [-0.1, -0.05) is 6.07 Å². The summed E-state index contributed by atoms with van der Waals surface area (Å²) in [7, 11) is 0. The number of pyridine rings is 1. The lowest BCUT2D eigenvalue weighted by molar-refractivity contribution is -0.141. The highest BCUT2D eigenvalue weighted by atomic mass is 16.2. The molecule has 1 aliphatic heterocycles. The molecule has 108 valence electrons. The van der Waals surface area contributed by atoms with Crippen molar-refractivity contribution in [1.29, 1.82) is 0 Å². The molecule has 0 aliphatic carbocycles. The molecular weight excluding hydrogens is 256 g/mol. The highest BCUT2D eigenvalue weighted by Crippen LogP contribution is 2.07. The van der Waals surface area contributed by atoms with E-state index in [0.717, 1.165) is 5.69 Å². The molecule has 2 rings (SSSR count). The lowest BCUT2D eigenvalue weighted by atomic mass is 10.1. The van der Waals surface area contributed by atoms with Gasteiger partial charge in [0.2, 0.25) is 11.8 Å². The maximum atomic E-state index is 12.4. The first kappa shape index (κ1) is 14.5. The average molecular weight is 276 g/mol. The molecule has 1 aliphatic rings. The van der Waals surface area contributed by atoms with E-state index in [1.54, 1.807) is 11.1 Å². The largest absolute Gasteiger partial charge is 0.355 e. The van der Waals surface area contributed by atoms with Crippen LogP contribution in [-0.2, 0) is 16.0 Å². The summed E-state index contributed by atoms with van der Waals surface area (Å²) >= 11 is 0. The molecule has 1 fully saturated rings. The topological polar surface area (TPSA) is 74.3 Å². The molecule has 0 spiro atoms. The van der Waals surface area contributed by atoms with Gasteiger partial charge in [-0.05, 0) is 19.1 Å². The number of carbonyl (C=O) groups is 2. The molecule has 1 aromatic heterocycles. The molecule has 1 aromatic rings. The van der Waals surface area contributed by atoms with E-state index in [9.17, 15) is 9.59 Å². The molecule has 0 aromatic carbocycles. The van der Waals surface area contributed by atoms with Gasteiger partial charge >= 0.3 is 0 Å². The van der Waals surface area contributed by atoms with Gasteiger partial charge in [0.15, 0.2) is 0 Å². The van der Waals surface area contributed by atoms with Gasteiger partial charge in [0.25, 0.3) is 0 Å². The fourth-order valence-corrected chi connectivity index (χ4v) is 2.29. The van der Waals surface area contributed by atoms with Gasteiger partial charge in [0.05, 0.1) is 6.42 Å². The highest BCUT2D eigenvalue weighted by molar-refractivity contribution is 5.88. The standard InChI is InChI=1S/C14H20N4O2/c1-2-16-14(20)12-10-15-7-8-18(12)13(19)9-11-5-3-4-6-17-11/h3-6,12,15H,2,7-10H2,1H3,(H,16,20). The zero-order chi connectivity index (χ0) is 14.4. The van der Waals surface area contributed by atoms with Gasteiger partial charge in [0.1, 0.15) is 6.04 Å². The molecule has 6 heteroatoms. The van der Waals surface area contributed by atoms with Crippen LogP contribution in [0.1, 0.15) is 12.6 Å². The summed E-state index contributed by atoms with van der Waals surface area (Å²) in [6.45, 7) is 4.20. The van der Waals surface area contributed by atoms with Crippen molar-refractivity contribution in [3.63, 3.8) is 0 Å². The Bertz CT molecular complexity index is 464. The lowest BCUT2D eigenvalue weighted by Gasteiger charge is -2.35. The number of nitrogens with zero attached hydrogens (tertiary/aromatic N) is 2. The van der Waals surface area contributed by atoms with Crippen LogP contribution in [0.4, 0.5) is 0 Å². The number of rotatable bonds is 4. The van der Waals surface area contributed by atoms with E-state index in [2.05, 4.69) is 15.6 Å². The SMILES string of the molecule is CCNC(=O)C1CNCCN1C(=O)Cc1ccccn1. The Morgan fingerprint density at radius 3 is 3.05 bits per heavy atom. The minimum Gasteiger partial charge on any atom is -0.355 e. The average Bonchev–Trinajstić information content (AvgIpc) is 2.48. The molecule has 2 N–H and O–H groups in total. The van der Waals surface area contributed by atoms with E-state index in [4.69, 9.17) is 0 Å². The van der Waals surface area contributed by atoms with E-state index in [0.29, 0.717) is 26.2 Å². The molecule has 0 saturated carbocycles. The number of hydrogen-bond acceptors (Lipinski definition) is 4. The van der Waals surface area contributed by atoms with Gasteiger partial charge in [-0.15, -0.1) is 0 Å². The number of nitrogens with one attached hydrogen (secondary N) is 2. The number of carbonyl (C=O) groups excluding carboxylic acids is 2. The molecule has 1 atom stereocenters.